The third-order valence-electron chi connectivity index (χ3n) is 5.33. The topological polar surface area (TPSA) is 122 Å². The number of anilines is 3. The number of primary sulfonamides is 1. The summed E-state index contributed by atoms with van der Waals surface area (Å²) in [5.41, 5.74) is 2.21. The number of hydrogen-bond donors (Lipinski definition) is 3. The molecule has 11 heteroatoms. The molecule has 2 aromatic heterocycles. The van der Waals surface area contributed by atoms with Crippen LogP contribution in [0.25, 0.3) is 11.3 Å². The van der Waals surface area contributed by atoms with Gasteiger partial charge in [0.25, 0.3) is 0 Å². The second-order valence-electron chi connectivity index (χ2n) is 9.17. The first kappa shape index (κ1) is 24.4. The van der Waals surface area contributed by atoms with Gasteiger partial charge in [0, 0.05) is 42.3 Å². The Morgan fingerprint density at radius 2 is 2.06 bits per heavy atom. The van der Waals surface area contributed by atoms with Gasteiger partial charge in [0.15, 0.2) is 5.13 Å². The zero-order chi connectivity index (χ0) is 24.5. The summed E-state index contributed by atoms with van der Waals surface area (Å²) in [4.78, 5) is 11.6. The van der Waals surface area contributed by atoms with Gasteiger partial charge in [0.05, 0.1) is 22.4 Å². The molecule has 1 aromatic carbocycles. The maximum atomic E-state index is 11.8. The molecule has 0 spiro atoms. The highest BCUT2D eigenvalue weighted by Gasteiger charge is 2.26. The third kappa shape index (κ3) is 5.84. The first-order valence-corrected chi connectivity index (χ1v) is 13.5. The number of rotatable bonds is 7. The molecule has 4 N–H and O–H groups in total. The first-order valence-electron chi connectivity index (χ1n) is 11.0. The quantitative estimate of drug-likeness (QED) is 0.448. The molecule has 9 nitrogen and oxygen atoms in total. The molecular weight excluding hydrogens is 472 g/mol. The summed E-state index contributed by atoms with van der Waals surface area (Å²) in [5.74, 6) is 1.46. The fraction of sp³-hybridized carbons (Fsp3) is 0.391. The summed E-state index contributed by atoms with van der Waals surface area (Å²) in [5, 5.41) is 14.5. The van der Waals surface area contributed by atoms with Gasteiger partial charge < -0.3 is 20.3 Å². The van der Waals surface area contributed by atoms with Crippen molar-refractivity contribution in [1.82, 2.24) is 15.3 Å². The van der Waals surface area contributed by atoms with Crippen LogP contribution in [0.4, 0.5) is 16.6 Å². The lowest BCUT2D eigenvalue weighted by Gasteiger charge is -2.39. The van der Waals surface area contributed by atoms with Crippen LogP contribution in [0.1, 0.15) is 27.7 Å². The molecule has 3 aromatic rings. The van der Waals surface area contributed by atoms with Crippen LogP contribution in [-0.4, -0.2) is 49.7 Å². The van der Waals surface area contributed by atoms with Crippen LogP contribution in [0.3, 0.4) is 0 Å². The van der Waals surface area contributed by atoms with Crippen molar-refractivity contribution in [3.05, 3.63) is 41.9 Å². The number of benzene rings is 1. The van der Waals surface area contributed by atoms with E-state index in [1.54, 1.807) is 6.07 Å². The van der Waals surface area contributed by atoms with Crippen molar-refractivity contribution in [2.24, 2.45) is 5.14 Å². The number of ether oxygens (including phenoxy) is 1. The second kappa shape index (κ2) is 9.49. The van der Waals surface area contributed by atoms with Crippen molar-refractivity contribution in [2.75, 3.05) is 29.9 Å². The minimum Gasteiger partial charge on any atom is -0.489 e. The minimum absolute atomic E-state index is 0.00114. The number of aromatic nitrogens is 2. The van der Waals surface area contributed by atoms with E-state index in [4.69, 9.17) is 9.88 Å². The monoisotopic (exact) mass is 502 g/mol. The summed E-state index contributed by atoms with van der Waals surface area (Å²) in [6.07, 6.45) is 1.75. The standard InChI is InChI=1S/C23H30N6O3S2/c1-15(2)32-20-7-6-17(34(24,30)31)11-18(20)27-22-28-19(13-33-22)16-5-8-21(25-12-16)29-10-9-26-23(3,4)14-29/h5-8,11-13,15,26H,9-10,14H2,1-4H3,(H,27,28)(H2,24,30,31). The van der Waals surface area contributed by atoms with Crippen LogP contribution in [0, 0.1) is 0 Å². The highest BCUT2D eigenvalue weighted by molar-refractivity contribution is 7.89. The van der Waals surface area contributed by atoms with E-state index in [0.717, 1.165) is 36.7 Å². The van der Waals surface area contributed by atoms with Crippen LogP contribution in [0.5, 0.6) is 5.75 Å². The number of nitrogens with two attached hydrogens (primary N) is 1. The van der Waals surface area contributed by atoms with E-state index in [0.29, 0.717) is 16.6 Å². The molecule has 0 saturated carbocycles. The van der Waals surface area contributed by atoms with Crippen molar-refractivity contribution < 1.29 is 13.2 Å². The molecular formula is C23H30N6O3S2. The normalized spacial score (nSPS) is 16.0. The van der Waals surface area contributed by atoms with Gasteiger partial charge in [-0.15, -0.1) is 11.3 Å². The number of nitrogens with one attached hydrogen (secondary N) is 2. The molecule has 4 rings (SSSR count). The van der Waals surface area contributed by atoms with Crippen LogP contribution >= 0.6 is 11.3 Å². The van der Waals surface area contributed by atoms with E-state index < -0.39 is 10.0 Å². The lowest BCUT2D eigenvalue weighted by molar-refractivity contribution is 0.243. The van der Waals surface area contributed by atoms with E-state index >= 15 is 0 Å². The Hall–Kier alpha value is -2.73. The Labute approximate surface area is 204 Å². The zero-order valence-corrected chi connectivity index (χ0v) is 21.3. The van der Waals surface area contributed by atoms with E-state index in [-0.39, 0.29) is 16.5 Å². The summed E-state index contributed by atoms with van der Waals surface area (Å²) < 4.78 is 29.5. The van der Waals surface area contributed by atoms with E-state index in [9.17, 15) is 8.42 Å². The van der Waals surface area contributed by atoms with Gasteiger partial charge >= 0.3 is 0 Å². The smallest absolute Gasteiger partial charge is 0.238 e. The van der Waals surface area contributed by atoms with Gasteiger partial charge in [-0.05, 0) is 58.0 Å². The summed E-state index contributed by atoms with van der Waals surface area (Å²) in [7, 11) is -3.85. The largest absolute Gasteiger partial charge is 0.489 e. The van der Waals surface area contributed by atoms with Gasteiger partial charge in [-0.2, -0.15) is 0 Å². The zero-order valence-electron chi connectivity index (χ0n) is 19.7. The van der Waals surface area contributed by atoms with Gasteiger partial charge in [0.1, 0.15) is 11.6 Å². The molecule has 0 aliphatic carbocycles. The highest BCUT2D eigenvalue weighted by Crippen LogP contribution is 2.34. The first-order chi connectivity index (χ1) is 16.0. The molecule has 0 radical (unpaired) electrons. The molecule has 0 unspecified atom stereocenters. The minimum atomic E-state index is -3.85. The molecule has 0 amide bonds. The average Bonchev–Trinajstić information content (AvgIpc) is 3.22. The van der Waals surface area contributed by atoms with Gasteiger partial charge in [-0.3, -0.25) is 0 Å². The van der Waals surface area contributed by atoms with Crippen molar-refractivity contribution in [2.45, 2.75) is 44.2 Å². The third-order valence-corrected chi connectivity index (χ3v) is 7.00. The van der Waals surface area contributed by atoms with Crippen LogP contribution in [-0.2, 0) is 10.0 Å². The number of pyridine rings is 1. The molecule has 1 fully saturated rings. The van der Waals surface area contributed by atoms with Gasteiger partial charge in [-0.25, -0.2) is 23.5 Å². The number of piperazine rings is 1. The lowest BCUT2D eigenvalue weighted by atomic mass is 10.0. The maximum absolute atomic E-state index is 11.8. The molecule has 1 saturated heterocycles. The Kier molecular flexibility index (Phi) is 6.81. The Balaban J connectivity index is 1.54. The number of sulfonamides is 1. The van der Waals surface area contributed by atoms with E-state index in [1.807, 2.05) is 37.6 Å². The fourth-order valence-corrected chi connectivity index (χ4v) is 5.05. The molecule has 0 bridgehead atoms. The Morgan fingerprint density at radius 3 is 2.71 bits per heavy atom. The molecule has 182 valence electrons. The highest BCUT2D eigenvalue weighted by atomic mass is 32.2. The number of hydrogen-bond acceptors (Lipinski definition) is 9. The Bertz CT molecular complexity index is 1260. The predicted molar refractivity (Wildman–Crippen MR) is 137 cm³/mol. The Morgan fingerprint density at radius 1 is 1.26 bits per heavy atom. The summed E-state index contributed by atoms with van der Waals surface area (Å²) in [6.45, 7) is 10.9. The maximum Gasteiger partial charge on any atom is 0.238 e. The van der Waals surface area contributed by atoms with E-state index in [2.05, 4.69) is 39.3 Å². The van der Waals surface area contributed by atoms with Gasteiger partial charge in [0.2, 0.25) is 10.0 Å². The van der Waals surface area contributed by atoms with Crippen molar-refractivity contribution >= 4 is 38.0 Å². The van der Waals surface area contributed by atoms with E-state index in [1.165, 1.54) is 23.5 Å². The van der Waals surface area contributed by atoms with Gasteiger partial charge in [-0.1, -0.05) is 0 Å². The van der Waals surface area contributed by atoms with Crippen molar-refractivity contribution in [1.29, 1.82) is 0 Å². The second-order valence-corrected chi connectivity index (χ2v) is 11.6. The van der Waals surface area contributed by atoms with Crippen LogP contribution in [0.2, 0.25) is 0 Å². The number of thiazole rings is 1. The molecule has 3 heterocycles. The lowest BCUT2D eigenvalue weighted by Crippen LogP contribution is -2.57. The SMILES string of the molecule is CC(C)Oc1ccc(S(N)(=O)=O)cc1Nc1nc(-c2ccc(N3CCNC(C)(C)C3)nc2)cs1. The molecule has 1 aliphatic rings. The van der Waals surface area contributed by atoms with Crippen LogP contribution < -0.4 is 25.4 Å². The molecule has 34 heavy (non-hydrogen) atoms. The fourth-order valence-electron chi connectivity index (χ4n) is 3.78. The summed E-state index contributed by atoms with van der Waals surface area (Å²) in [6, 6.07) is 8.52. The van der Waals surface area contributed by atoms with Crippen LogP contribution in [0.15, 0.2) is 46.8 Å². The molecule has 0 atom stereocenters. The number of nitrogens with zero attached hydrogens (tertiary/aromatic N) is 3. The van der Waals surface area contributed by atoms with Crippen molar-refractivity contribution in [3.63, 3.8) is 0 Å². The average molecular weight is 503 g/mol. The predicted octanol–water partition coefficient (Wildman–Crippen LogP) is 3.57. The summed E-state index contributed by atoms with van der Waals surface area (Å²) >= 11 is 1.41. The molecule has 1 aliphatic heterocycles. The van der Waals surface area contributed by atoms with Crippen molar-refractivity contribution in [3.8, 4) is 17.0 Å².